The maximum atomic E-state index is 12.3. The van der Waals surface area contributed by atoms with Crippen LogP contribution in [0.15, 0.2) is 48.5 Å². The number of rotatable bonds is 7. The predicted molar refractivity (Wildman–Crippen MR) is 99.6 cm³/mol. The molecule has 0 saturated heterocycles. The van der Waals surface area contributed by atoms with Crippen molar-refractivity contribution in [1.82, 2.24) is 14.9 Å². The summed E-state index contributed by atoms with van der Waals surface area (Å²) >= 11 is 0. The molecule has 0 aliphatic heterocycles. The number of methoxy groups -OCH3 is 1. The number of para-hydroxylation sites is 2. The molecule has 0 spiro atoms. The first-order valence-corrected chi connectivity index (χ1v) is 8.59. The molecule has 1 N–H and O–H groups in total. The molecule has 1 aromatic heterocycles. The average molecular weight is 337 g/mol. The summed E-state index contributed by atoms with van der Waals surface area (Å²) in [5.41, 5.74) is 2.80. The largest absolute Gasteiger partial charge is 0.497 e. The van der Waals surface area contributed by atoms with E-state index in [9.17, 15) is 4.79 Å². The highest BCUT2D eigenvalue weighted by Gasteiger charge is 2.15. The third-order valence-corrected chi connectivity index (χ3v) is 4.16. The third-order valence-electron chi connectivity index (χ3n) is 4.16. The highest BCUT2D eigenvalue weighted by molar-refractivity contribution is 5.84. The number of fused-ring (bicyclic) bond motifs is 1. The van der Waals surface area contributed by atoms with Gasteiger partial charge in [-0.2, -0.15) is 0 Å². The normalized spacial score (nSPS) is 10.8. The van der Waals surface area contributed by atoms with Gasteiger partial charge in [-0.1, -0.05) is 25.5 Å². The summed E-state index contributed by atoms with van der Waals surface area (Å²) in [7, 11) is 1.64. The van der Waals surface area contributed by atoms with Gasteiger partial charge in [-0.3, -0.25) is 4.79 Å². The lowest BCUT2D eigenvalue weighted by molar-refractivity contribution is -0.121. The number of benzene rings is 2. The molecule has 2 aromatic carbocycles. The van der Waals surface area contributed by atoms with Crippen LogP contribution in [0.2, 0.25) is 0 Å². The van der Waals surface area contributed by atoms with Crippen molar-refractivity contribution >= 4 is 16.9 Å². The molecular formula is C20H23N3O2. The highest BCUT2D eigenvalue weighted by Crippen LogP contribution is 2.26. The molecule has 130 valence electrons. The molecule has 5 heteroatoms. The topological polar surface area (TPSA) is 56.2 Å². The maximum absolute atomic E-state index is 12.3. The lowest BCUT2D eigenvalue weighted by atomic mass is 10.2. The maximum Gasteiger partial charge on any atom is 0.240 e. The smallest absolute Gasteiger partial charge is 0.240 e. The fourth-order valence-electron chi connectivity index (χ4n) is 2.80. The van der Waals surface area contributed by atoms with Gasteiger partial charge in [0, 0.05) is 12.1 Å². The fourth-order valence-corrected chi connectivity index (χ4v) is 2.80. The van der Waals surface area contributed by atoms with Crippen molar-refractivity contribution in [3.05, 3.63) is 48.5 Å². The number of nitrogens with one attached hydrogen (secondary N) is 1. The SMILES string of the molecule is CCCCNC(=O)Cn1c(-c2ccc(OC)cc2)nc2ccccc21. The molecule has 0 saturated carbocycles. The lowest BCUT2D eigenvalue weighted by Gasteiger charge is -2.10. The standard InChI is InChI=1S/C20H23N3O2/c1-3-4-13-21-19(24)14-23-18-8-6-5-7-17(18)22-20(23)15-9-11-16(25-2)12-10-15/h5-12H,3-4,13-14H2,1-2H3,(H,21,24). The first-order chi connectivity index (χ1) is 12.2. The Labute approximate surface area is 147 Å². The van der Waals surface area contributed by atoms with Crippen LogP contribution in [0.5, 0.6) is 5.75 Å². The third kappa shape index (κ3) is 3.82. The average Bonchev–Trinajstić information content (AvgIpc) is 3.00. The molecule has 0 fully saturated rings. The van der Waals surface area contributed by atoms with E-state index in [0.717, 1.165) is 41.0 Å². The first kappa shape index (κ1) is 17.0. The summed E-state index contributed by atoms with van der Waals surface area (Å²) < 4.78 is 7.19. The molecule has 0 aliphatic rings. The minimum absolute atomic E-state index is 0.00589. The summed E-state index contributed by atoms with van der Waals surface area (Å²) in [6.45, 7) is 3.07. The van der Waals surface area contributed by atoms with E-state index in [1.54, 1.807) is 7.11 Å². The van der Waals surface area contributed by atoms with E-state index in [-0.39, 0.29) is 12.5 Å². The number of ether oxygens (including phenoxy) is 1. The van der Waals surface area contributed by atoms with E-state index in [0.29, 0.717) is 6.54 Å². The van der Waals surface area contributed by atoms with Gasteiger partial charge < -0.3 is 14.6 Å². The van der Waals surface area contributed by atoms with Gasteiger partial charge in [0.2, 0.25) is 5.91 Å². The van der Waals surface area contributed by atoms with Crippen LogP contribution in [0, 0.1) is 0 Å². The van der Waals surface area contributed by atoms with Gasteiger partial charge in [-0.05, 0) is 42.8 Å². The van der Waals surface area contributed by atoms with Crippen LogP contribution in [-0.4, -0.2) is 29.1 Å². The summed E-state index contributed by atoms with van der Waals surface area (Å²) in [4.78, 5) is 17.1. The molecule has 0 atom stereocenters. The van der Waals surface area contributed by atoms with Gasteiger partial charge >= 0.3 is 0 Å². The number of aromatic nitrogens is 2. The zero-order chi connectivity index (χ0) is 17.6. The number of hydrogen-bond acceptors (Lipinski definition) is 3. The Balaban J connectivity index is 1.95. The lowest BCUT2D eigenvalue weighted by Crippen LogP contribution is -2.28. The number of carbonyl (C=O) groups excluding carboxylic acids is 1. The van der Waals surface area contributed by atoms with Crippen molar-refractivity contribution in [2.75, 3.05) is 13.7 Å². The van der Waals surface area contributed by atoms with Crippen molar-refractivity contribution < 1.29 is 9.53 Å². The van der Waals surface area contributed by atoms with Crippen LogP contribution in [0.25, 0.3) is 22.4 Å². The van der Waals surface area contributed by atoms with Crippen LogP contribution in [0.4, 0.5) is 0 Å². The van der Waals surface area contributed by atoms with Crippen molar-refractivity contribution in [2.24, 2.45) is 0 Å². The van der Waals surface area contributed by atoms with E-state index in [1.807, 2.05) is 53.1 Å². The van der Waals surface area contributed by atoms with Gasteiger partial charge in [0.15, 0.2) is 0 Å². The monoisotopic (exact) mass is 337 g/mol. The zero-order valence-electron chi connectivity index (χ0n) is 14.7. The van der Waals surface area contributed by atoms with Crippen molar-refractivity contribution in [1.29, 1.82) is 0 Å². The van der Waals surface area contributed by atoms with Crippen LogP contribution in [-0.2, 0) is 11.3 Å². The van der Waals surface area contributed by atoms with E-state index >= 15 is 0 Å². The number of unbranched alkanes of at least 4 members (excludes halogenated alkanes) is 1. The van der Waals surface area contributed by atoms with Crippen molar-refractivity contribution in [3.8, 4) is 17.1 Å². The van der Waals surface area contributed by atoms with Crippen molar-refractivity contribution in [3.63, 3.8) is 0 Å². The Hall–Kier alpha value is -2.82. The minimum Gasteiger partial charge on any atom is -0.497 e. The van der Waals surface area contributed by atoms with E-state index in [1.165, 1.54) is 0 Å². The number of nitrogens with zero attached hydrogens (tertiary/aromatic N) is 2. The van der Waals surface area contributed by atoms with Gasteiger partial charge in [-0.25, -0.2) is 4.98 Å². The molecule has 0 bridgehead atoms. The minimum atomic E-state index is 0.00589. The molecule has 1 heterocycles. The van der Waals surface area contributed by atoms with Gasteiger partial charge in [0.05, 0.1) is 18.1 Å². The second-order valence-electron chi connectivity index (χ2n) is 5.94. The summed E-state index contributed by atoms with van der Waals surface area (Å²) in [6.07, 6.45) is 2.05. The second-order valence-corrected chi connectivity index (χ2v) is 5.94. The van der Waals surface area contributed by atoms with Gasteiger partial charge in [-0.15, -0.1) is 0 Å². The number of amides is 1. The van der Waals surface area contributed by atoms with E-state index in [2.05, 4.69) is 12.2 Å². The molecule has 5 nitrogen and oxygen atoms in total. The van der Waals surface area contributed by atoms with Crippen LogP contribution >= 0.6 is 0 Å². The molecule has 25 heavy (non-hydrogen) atoms. The number of imidazole rings is 1. The Morgan fingerprint density at radius 3 is 2.64 bits per heavy atom. The number of hydrogen-bond donors (Lipinski definition) is 1. The molecule has 1 amide bonds. The quantitative estimate of drug-likeness (QED) is 0.670. The predicted octanol–water partition coefficient (Wildman–Crippen LogP) is 3.63. The summed E-state index contributed by atoms with van der Waals surface area (Å²) in [6, 6.07) is 15.6. The molecule has 3 aromatic rings. The Morgan fingerprint density at radius 2 is 1.92 bits per heavy atom. The van der Waals surface area contributed by atoms with Crippen LogP contribution in [0.1, 0.15) is 19.8 Å². The van der Waals surface area contributed by atoms with Crippen LogP contribution in [0.3, 0.4) is 0 Å². The molecule has 0 unspecified atom stereocenters. The van der Waals surface area contributed by atoms with Gasteiger partial charge in [0.25, 0.3) is 0 Å². The second kappa shape index (κ2) is 7.83. The Morgan fingerprint density at radius 1 is 1.16 bits per heavy atom. The fraction of sp³-hybridized carbons (Fsp3) is 0.300. The summed E-state index contributed by atoms with van der Waals surface area (Å²) in [5.74, 6) is 1.59. The molecule has 3 rings (SSSR count). The summed E-state index contributed by atoms with van der Waals surface area (Å²) in [5, 5.41) is 2.98. The molecule has 0 radical (unpaired) electrons. The Kier molecular flexibility index (Phi) is 5.33. The highest BCUT2D eigenvalue weighted by atomic mass is 16.5. The van der Waals surface area contributed by atoms with Crippen LogP contribution < -0.4 is 10.1 Å². The Bertz CT molecular complexity index is 853. The molecule has 0 aliphatic carbocycles. The van der Waals surface area contributed by atoms with E-state index in [4.69, 9.17) is 9.72 Å². The number of carbonyl (C=O) groups is 1. The van der Waals surface area contributed by atoms with Crippen molar-refractivity contribution in [2.45, 2.75) is 26.3 Å². The van der Waals surface area contributed by atoms with E-state index < -0.39 is 0 Å². The molecular weight excluding hydrogens is 314 g/mol. The first-order valence-electron chi connectivity index (χ1n) is 8.59. The van der Waals surface area contributed by atoms with Gasteiger partial charge in [0.1, 0.15) is 18.1 Å². The zero-order valence-corrected chi connectivity index (χ0v) is 14.7.